The fourth-order valence-corrected chi connectivity index (χ4v) is 3.49. The Bertz CT molecular complexity index is 618. The zero-order valence-corrected chi connectivity index (χ0v) is 13.6. The van der Waals surface area contributed by atoms with Crippen LogP contribution in [0.1, 0.15) is 23.7 Å². The molecule has 0 saturated carbocycles. The Labute approximate surface area is 130 Å². The van der Waals surface area contributed by atoms with Crippen LogP contribution in [0.25, 0.3) is 0 Å². The smallest absolute Gasteiger partial charge is 0.336 e. The van der Waals surface area contributed by atoms with E-state index in [1.165, 1.54) is 12.1 Å². The Morgan fingerprint density at radius 3 is 2.33 bits per heavy atom. The molecule has 9 heteroatoms. The van der Waals surface area contributed by atoms with Gasteiger partial charge in [0.2, 0.25) is 10.0 Å². The van der Waals surface area contributed by atoms with Crippen molar-refractivity contribution in [1.82, 2.24) is 4.72 Å². The van der Waals surface area contributed by atoms with E-state index in [1.807, 2.05) is 0 Å². The minimum Gasteiger partial charge on any atom is -0.478 e. The molecular weight excluding hydrogens is 366 g/mol. The van der Waals surface area contributed by atoms with E-state index in [4.69, 9.17) is 5.11 Å². The summed E-state index contributed by atoms with van der Waals surface area (Å²) in [6, 6.07) is 3.54. The van der Waals surface area contributed by atoms with Crippen LogP contribution in [-0.4, -0.2) is 48.5 Å². The van der Waals surface area contributed by atoms with Gasteiger partial charge in [-0.25, -0.2) is 17.9 Å². The monoisotopic (exact) mass is 381 g/mol. The van der Waals surface area contributed by atoms with Gasteiger partial charge in [-0.1, -0.05) is 6.92 Å². The van der Waals surface area contributed by atoms with Gasteiger partial charge in [0, 0.05) is 4.47 Å². The maximum absolute atomic E-state index is 12.3. The first-order valence-electron chi connectivity index (χ1n) is 6.00. The van der Waals surface area contributed by atoms with E-state index in [2.05, 4.69) is 20.7 Å². The van der Waals surface area contributed by atoms with Gasteiger partial charge in [-0.05, 0) is 40.5 Å². The highest BCUT2D eigenvalue weighted by atomic mass is 79.9. The van der Waals surface area contributed by atoms with Crippen molar-refractivity contribution in [2.45, 2.75) is 23.8 Å². The molecule has 1 rings (SSSR count). The van der Waals surface area contributed by atoms with Gasteiger partial charge in [0.1, 0.15) is 0 Å². The number of hydrogen-bond donors (Lipinski definition) is 4. The summed E-state index contributed by atoms with van der Waals surface area (Å²) in [4.78, 5) is 10.8. The number of aromatic carboxylic acids is 1. The van der Waals surface area contributed by atoms with Crippen LogP contribution in [0.5, 0.6) is 0 Å². The van der Waals surface area contributed by atoms with Crippen LogP contribution in [0, 0.1) is 0 Å². The van der Waals surface area contributed by atoms with Crippen LogP contribution < -0.4 is 4.72 Å². The first-order chi connectivity index (χ1) is 9.71. The Morgan fingerprint density at radius 2 is 1.90 bits per heavy atom. The topological polar surface area (TPSA) is 124 Å². The van der Waals surface area contributed by atoms with Crippen molar-refractivity contribution in [3.8, 4) is 0 Å². The highest BCUT2D eigenvalue weighted by Crippen LogP contribution is 2.22. The molecule has 118 valence electrons. The van der Waals surface area contributed by atoms with Crippen molar-refractivity contribution in [3.05, 3.63) is 28.2 Å². The molecule has 0 radical (unpaired) electrons. The largest absolute Gasteiger partial charge is 0.478 e. The molecule has 0 bridgehead atoms. The number of carboxylic acids is 1. The summed E-state index contributed by atoms with van der Waals surface area (Å²) in [6.07, 6.45) is 0.168. The summed E-state index contributed by atoms with van der Waals surface area (Å²) in [7, 11) is -4.08. The highest BCUT2D eigenvalue weighted by Gasteiger charge is 2.33. The third kappa shape index (κ3) is 4.01. The molecule has 0 aromatic heterocycles. The fourth-order valence-electron chi connectivity index (χ4n) is 1.59. The second kappa shape index (κ2) is 6.84. The lowest BCUT2D eigenvalue weighted by molar-refractivity contribution is 0.0695. The van der Waals surface area contributed by atoms with E-state index >= 15 is 0 Å². The summed E-state index contributed by atoms with van der Waals surface area (Å²) >= 11 is 3.02. The van der Waals surface area contributed by atoms with Crippen LogP contribution in [0.2, 0.25) is 0 Å². The third-order valence-corrected chi connectivity index (χ3v) is 5.38. The molecule has 0 fully saturated rings. The van der Waals surface area contributed by atoms with E-state index in [1.54, 1.807) is 6.92 Å². The van der Waals surface area contributed by atoms with Crippen molar-refractivity contribution in [3.63, 3.8) is 0 Å². The molecule has 0 atom stereocenters. The number of aliphatic hydroxyl groups excluding tert-OH is 2. The zero-order valence-electron chi connectivity index (χ0n) is 11.2. The summed E-state index contributed by atoms with van der Waals surface area (Å²) in [5, 5.41) is 27.6. The molecule has 0 unspecified atom stereocenters. The highest BCUT2D eigenvalue weighted by molar-refractivity contribution is 9.10. The predicted octanol–water partition coefficient (Wildman–Crippen LogP) is 0.559. The molecule has 7 nitrogen and oxygen atoms in total. The molecule has 21 heavy (non-hydrogen) atoms. The van der Waals surface area contributed by atoms with Gasteiger partial charge in [-0.15, -0.1) is 0 Å². The number of carboxylic acid groups (broad SMARTS) is 1. The summed E-state index contributed by atoms with van der Waals surface area (Å²) in [5.74, 6) is -1.27. The molecule has 0 heterocycles. The number of nitrogens with one attached hydrogen (secondary N) is 1. The zero-order chi connectivity index (χ0) is 16.3. The second-order valence-electron chi connectivity index (χ2n) is 4.50. The fraction of sp³-hybridized carbons (Fsp3) is 0.417. The molecule has 1 aromatic rings. The van der Waals surface area contributed by atoms with Gasteiger partial charge in [0.15, 0.2) is 0 Å². The lowest BCUT2D eigenvalue weighted by Crippen LogP contribution is -2.53. The minimum absolute atomic E-state index is 0.168. The molecule has 1 aromatic carbocycles. The lowest BCUT2D eigenvalue weighted by Gasteiger charge is -2.29. The van der Waals surface area contributed by atoms with E-state index in [0.717, 1.165) is 6.07 Å². The summed E-state index contributed by atoms with van der Waals surface area (Å²) in [6.45, 7) is 0.447. The maximum Gasteiger partial charge on any atom is 0.336 e. The number of rotatable bonds is 7. The molecule has 0 aliphatic heterocycles. The number of hydrogen-bond acceptors (Lipinski definition) is 5. The van der Waals surface area contributed by atoms with E-state index in [0.29, 0.717) is 0 Å². The normalized spacial score (nSPS) is 12.4. The number of aliphatic hydroxyl groups is 2. The third-order valence-electron chi connectivity index (χ3n) is 3.11. The van der Waals surface area contributed by atoms with Gasteiger partial charge in [-0.3, -0.25) is 0 Å². The quantitative estimate of drug-likeness (QED) is 0.546. The van der Waals surface area contributed by atoms with Crippen molar-refractivity contribution >= 4 is 31.9 Å². The Kier molecular flexibility index (Phi) is 5.88. The molecule has 0 spiro atoms. The number of halogens is 1. The SMILES string of the molecule is CCC(CO)(CO)NS(=O)(=O)c1ccc(Br)c(C(=O)O)c1. The van der Waals surface area contributed by atoms with Crippen LogP contribution >= 0.6 is 15.9 Å². The van der Waals surface area contributed by atoms with Gasteiger partial charge < -0.3 is 15.3 Å². The molecule has 0 aliphatic rings. The van der Waals surface area contributed by atoms with Crippen molar-refractivity contribution in [1.29, 1.82) is 0 Å². The van der Waals surface area contributed by atoms with Gasteiger partial charge in [0.05, 0.1) is 29.2 Å². The summed E-state index contributed by atoms with van der Waals surface area (Å²) < 4.78 is 27.0. The van der Waals surface area contributed by atoms with Crippen LogP contribution in [-0.2, 0) is 10.0 Å². The van der Waals surface area contributed by atoms with E-state index in [9.17, 15) is 23.4 Å². The second-order valence-corrected chi connectivity index (χ2v) is 7.04. The average molecular weight is 382 g/mol. The number of carbonyl (C=O) groups is 1. The van der Waals surface area contributed by atoms with Crippen LogP contribution in [0.15, 0.2) is 27.6 Å². The predicted molar refractivity (Wildman–Crippen MR) is 78.6 cm³/mol. The van der Waals surface area contributed by atoms with Crippen molar-refractivity contribution in [2.24, 2.45) is 0 Å². The molecule has 4 N–H and O–H groups in total. The Hall–Kier alpha value is -1.00. The maximum atomic E-state index is 12.3. The van der Waals surface area contributed by atoms with Crippen molar-refractivity contribution < 1.29 is 28.5 Å². The molecule has 0 saturated heterocycles. The number of benzene rings is 1. The Morgan fingerprint density at radius 1 is 1.33 bits per heavy atom. The van der Waals surface area contributed by atoms with Gasteiger partial charge in [0.25, 0.3) is 0 Å². The van der Waals surface area contributed by atoms with Gasteiger partial charge >= 0.3 is 5.97 Å². The van der Waals surface area contributed by atoms with E-state index < -0.39 is 34.7 Å². The average Bonchev–Trinajstić information content (AvgIpc) is 2.44. The molecule has 0 amide bonds. The van der Waals surface area contributed by atoms with E-state index in [-0.39, 0.29) is 21.4 Å². The Balaban J connectivity index is 3.26. The standard InChI is InChI=1S/C12H16BrNO6S/c1-2-12(6-15,7-16)14-21(19,20)8-3-4-10(13)9(5-8)11(17)18/h3-5,14-16H,2,6-7H2,1H3,(H,17,18). The minimum atomic E-state index is -4.08. The lowest BCUT2D eigenvalue weighted by atomic mass is 10.0. The van der Waals surface area contributed by atoms with Crippen LogP contribution in [0.3, 0.4) is 0 Å². The summed E-state index contributed by atoms with van der Waals surface area (Å²) in [5.41, 5.74) is -1.59. The van der Waals surface area contributed by atoms with Crippen molar-refractivity contribution in [2.75, 3.05) is 13.2 Å². The molecule has 0 aliphatic carbocycles. The molecular formula is C12H16BrNO6S. The van der Waals surface area contributed by atoms with Crippen LogP contribution in [0.4, 0.5) is 0 Å². The number of sulfonamides is 1. The van der Waals surface area contributed by atoms with Gasteiger partial charge in [-0.2, -0.15) is 0 Å². The first-order valence-corrected chi connectivity index (χ1v) is 8.27. The first kappa shape index (κ1) is 18.1.